The lowest BCUT2D eigenvalue weighted by atomic mass is 9.97. The molecule has 2 amide bonds. The molecule has 12 heteroatoms. The zero-order chi connectivity index (χ0) is 25.1. The third-order valence-electron chi connectivity index (χ3n) is 5.72. The number of ether oxygens (including phenoxy) is 2. The van der Waals surface area contributed by atoms with Crippen LogP contribution in [-0.4, -0.2) is 39.8 Å². The Hall–Kier alpha value is -4.06. The molecular formula is C23H23N5O6S. The summed E-state index contributed by atoms with van der Waals surface area (Å²) in [7, 11) is 0. The Morgan fingerprint density at radius 3 is 2.69 bits per heavy atom. The minimum atomic E-state index is -0.884. The Kier molecular flexibility index (Phi) is 6.92. The Balaban J connectivity index is 1.48. The molecule has 2 unspecified atom stereocenters. The molecule has 1 aliphatic heterocycles. The highest BCUT2D eigenvalue weighted by Gasteiger charge is 2.28. The van der Waals surface area contributed by atoms with Crippen LogP contribution in [0.4, 0.5) is 10.8 Å². The Morgan fingerprint density at radius 2 is 1.94 bits per heavy atom. The van der Waals surface area contributed by atoms with Crippen LogP contribution < -0.4 is 20.1 Å². The molecule has 2 atom stereocenters. The van der Waals surface area contributed by atoms with Crippen LogP contribution in [0.5, 0.6) is 11.5 Å². The predicted molar refractivity (Wildman–Crippen MR) is 129 cm³/mol. The summed E-state index contributed by atoms with van der Waals surface area (Å²) in [6, 6.07) is 8.71. The number of hydrogen-bond acceptors (Lipinski definition) is 9. The molecule has 0 aliphatic carbocycles. The third kappa shape index (κ3) is 5.22. The van der Waals surface area contributed by atoms with Gasteiger partial charge in [-0.25, -0.2) is 0 Å². The number of nitrogens with one attached hydrogen (secondary N) is 2. The van der Waals surface area contributed by atoms with Gasteiger partial charge in [0.25, 0.3) is 11.6 Å². The molecule has 0 fully saturated rings. The standard InChI is InChI=1S/C23H23N5O6S/c1-4-12(2)19(24-20(29)14-6-5-13(3)16(9-14)28(31)32)21(30)25-23-27-26-22(35-23)15-7-8-17-18(10-15)34-11-33-17/h5-10,12,19H,4,11H2,1-3H3,(H,24,29)(H,25,27,30). The van der Waals surface area contributed by atoms with E-state index in [0.29, 0.717) is 28.5 Å². The van der Waals surface area contributed by atoms with Gasteiger partial charge in [0.2, 0.25) is 17.8 Å². The molecule has 0 saturated heterocycles. The van der Waals surface area contributed by atoms with E-state index in [0.717, 1.165) is 5.56 Å². The van der Waals surface area contributed by atoms with Crippen molar-refractivity contribution in [2.45, 2.75) is 33.2 Å². The number of nitro groups is 1. The van der Waals surface area contributed by atoms with Gasteiger partial charge >= 0.3 is 0 Å². The first-order chi connectivity index (χ1) is 16.8. The Labute approximate surface area is 204 Å². The first kappa shape index (κ1) is 24.1. The first-order valence-electron chi connectivity index (χ1n) is 10.9. The van der Waals surface area contributed by atoms with Crippen molar-refractivity contribution >= 4 is 34.0 Å². The second-order valence-electron chi connectivity index (χ2n) is 8.06. The van der Waals surface area contributed by atoms with Gasteiger partial charge in [0.05, 0.1) is 4.92 Å². The number of aryl methyl sites for hydroxylation is 1. The first-order valence-corrected chi connectivity index (χ1v) is 11.7. The smallest absolute Gasteiger partial charge is 0.273 e. The fraction of sp³-hybridized carbons (Fsp3) is 0.304. The number of nitro benzene ring substituents is 1. The Bertz CT molecular complexity index is 1290. The average Bonchev–Trinajstić information content (AvgIpc) is 3.50. The molecule has 3 aromatic rings. The third-order valence-corrected chi connectivity index (χ3v) is 6.61. The number of nitrogens with zero attached hydrogens (tertiary/aromatic N) is 3. The van der Waals surface area contributed by atoms with Crippen molar-refractivity contribution in [2.24, 2.45) is 5.92 Å². The second-order valence-corrected chi connectivity index (χ2v) is 9.04. The lowest BCUT2D eigenvalue weighted by molar-refractivity contribution is -0.385. The monoisotopic (exact) mass is 497 g/mol. The number of rotatable bonds is 8. The van der Waals surface area contributed by atoms with Gasteiger partial charge in [-0.15, -0.1) is 10.2 Å². The molecule has 2 N–H and O–H groups in total. The van der Waals surface area contributed by atoms with Crippen LogP contribution >= 0.6 is 11.3 Å². The average molecular weight is 498 g/mol. The Morgan fingerprint density at radius 1 is 1.17 bits per heavy atom. The number of benzene rings is 2. The zero-order valence-electron chi connectivity index (χ0n) is 19.2. The fourth-order valence-electron chi connectivity index (χ4n) is 3.48. The molecule has 2 heterocycles. The highest BCUT2D eigenvalue weighted by atomic mass is 32.1. The van der Waals surface area contributed by atoms with Crippen LogP contribution in [0.3, 0.4) is 0 Å². The van der Waals surface area contributed by atoms with Crippen molar-refractivity contribution < 1.29 is 24.0 Å². The van der Waals surface area contributed by atoms with Crippen molar-refractivity contribution in [1.29, 1.82) is 0 Å². The molecule has 2 aromatic carbocycles. The number of amides is 2. The van der Waals surface area contributed by atoms with Crippen LogP contribution in [0.1, 0.15) is 36.2 Å². The van der Waals surface area contributed by atoms with Crippen molar-refractivity contribution in [3.63, 3.8) is 0 Å². The van der Waals surface area contributed by atoms with Crippen molar-refractivity contribution in [3.8, 4) is 22.1 Å². The normalized spacial score (nSPS) is 13.7. The summed E-state index contributed by atoms with van der Waals surface area (Å²) in [5.41, 5.74) is 1.15. The van der Waals surface area contributed by atoms with Gasteiger partial charge in [-0.1, -0.05) is 37.7 Å². The summed E-state index contributed by atoms with van der Waals surface area (Å²) in [6.07, 6.45) is 0.616. The largest absolute Gasteiger partial charge is 0.454 e. The summed E-state index contributed by atoms with van der Waals surface area (Å²) in [5, 5.41) is 25.7. The van der Waals surface area contributed by atoms with Gasteiger partial charge in [0.1, 0.15) is 11.0 Å². The van der Waals surface area contributed by atoms with Crippen molar-refractivity contribution in [1.82, 2.24) is 15.5 Å². The quantitative estimate of drug-likeness (QED) is 0.352. The van der Waals surface area contributed by atoms with Gasteiger partial charge < -0.3 is 14.8 Å². The lowest BCUT2D eigenvalue weighted by Gasteiger charge is -2.23. The number of anilines is 1. The van der Waals surface area contributed by atoms with Gasteiger partial charge in [0, 0.05) is 22.8 Å². The summed E-state index contributed by atoms with van der Waals surface area (Å²) in [6.45, 7) is 5.49. The summed E-state index contributed by atoms with van der Waals surface area (Å²) < 4.78 is 10.7. The van der Waals surface area contributed by atoms with Gasteiger partial charge in [-0.3, -0.25) is 25.0 Å². The van der Waals surface area contributed by atoms with E-state index in [-0.39, 0.29) is 29.1 Å². The van der Waals surface area contributed by atoms with E-state index >= 15 is 0 Å². The van der Waals surface area contributed by atoms with E-state index in [9.17, 15) is 19.7 Å². The highest BCUT2D eigenvalue weighted by molar-refractivity contribution is 7.18. The van der Waals surface area contributed by atoms with Gasteiger partial charge in [-0.05, 0) is 37.1 Å². The molecule has 0 bridgehead atoms. The molecule has 4 rings (SSSR count). The minimum absolute atomic E-state index is 0.101. The zero-order valence-corrected chi connectivity index (χ0v) is 20.0. The summed E-state index contributed by atoms with van der Waals surface area (Å²) >= 11 is 1.18. The number of carbonyl (C=O) groups is 2. The molecule has 0 spiro atoms. The van der Waals surface area contributed by atoms with Crippen LogP contribution in [0.2, 0.25) is 0 Å². The molecular weight excluding hydrogens is 474 g/mol. The van der Waals surface area contributed by atoms with Crippen LogP contribution in [0.25, 0.3) is 10.6 Å². The van der Waals surface area contributed by atoms with Gasteiger partial charge in [-0.2, -0.15) is 0 Å². The molecule has 35 heavy (non-hydrogen) atoms. The van der Waals surface area contributed by atoms with E-state index in [1.807, 2.05) is 19.9 Å². The van der Waals surface area contributed by atoms with E-state index < -0.39 is 22.8 Å². The second kappa shape index (κ2) is 10.1. The lowest BCUT2D eigenvalue weighted by Crippen LogP contribution is -2.47. The van der Waals surface area contributed by atoms with Crippen LogP contribution in [0, 0.1) is 23.0 Å². The van der Waals surface area contributed by atoms with Crippen molar-refractivity contribution in [3.05, 3.63) is 57.6 Å². The molecule has 182 valence electrons. The maximum absolute atomic E-state index is 13.1. The summed E-state index contributed by atoms with van der Waals surface area (Å²) in [5.74, 6) is 0.0206. The number of hydrogen-bond donors (Lipinski definition) is 2. The summed E-state index contributed by atoms with van der Waals surface area (Å²) in [4.78, 5) is 36.6. The van der Waals surface area contributed by atoms with E-state index in [2.05, 4.69) is 20.8 Å². The molecule has 1 aliphatic rings. The topological polar surface area (TPSA) is 146 Å². The predicted octanol–water partition coefficient (Wildman–Crippen LogP) is 3.93. The molecule has 0 saturated carbocycles. The number of carbonyl (C=O) groups excluding carboxylic acids is 2. The van der Waals surface area contributed by atoms with Crippen LogP contribution in [-0.2, 0) is 4.79 Å². The minimum Gasteiger partial charge on any atom is -0.454 e. The van der Waals surface area contributed by atoms with Crippen LogP contribution in [0.15, 0.2) is 36.4 Å². The van der Waals surface area contributed by atoms with E-state index in [1.54, 1.807) is 19.1 Å². The fourth-order valence-corrected chi connectivity index (χ4v) is 4.22. The van der Waals surface area contributed by atoms with Crippen molar-refractivity contribution in [2.75, 3.05) is 12.1 Å². The number of aromatic nitrogens is 2. The molecule has 0 radical (unpaired) electrons. The number of fused-ring (bicyclic) bond motifs is 1. The maximum atomic E-state index is 13.1. The SMILES string of the molecule is CCC(C)C(NC(=O)c1ccc(C)c([N+](=O)[O-])c1)C(=O)Nc1nnc(-c2ccc3c(c2)OCO3)s1. The van der Waals surface area contributed by atoms with Gasteiger partial charge in [0.15, 0.2) is 11.5 Å². The molecule has 11 nitrogen and oxygen atoms in total. The highest BCUT2D eigenvalue weighted by Crippen LogP contribution is 2.37. The maximum Gasteiger partial charge on any atom is 0.273 e. The van der Waals surface area contributed by atoms with E-state index in [1.165, 1.54) is 29.5 Å². The molecule has 1 aromatic heterocycles. The van der Waals surface area contributed by atoms with E-state index in [4.69, 9.17) is 9.47 Å².